The molecule has 6 heteroatoms. The lowest BCUT2D eigenvalue weighted by atomic mass is 10.1. The molecule has 0 unspecified atom stereocenters. The van der Waals surface area contributed by atoms with Gasteiger partial charge in [0.15, 0.2) is 0 Å². The molecule has 0 aliphatic rings. The van der Waals surface area contributed by atoms with Gasteiger partial charge in [-0.15, -0.1) is 0 Å². The van der Waals surface area contributed by atoms with Crippen molar-refractivity contribution in [2.24, 2.45) is 0 Å². The van der Waals surface area contributed by atoms with Crippen LogP contribution in [0, 0.1) is 0 Å². The average Bonchev–Trinajstić information content (AvgIpc) is 2.13. The summed E-state index contributed by atoms with van der Waals surface area (Å²) in [7, 11) is 0. The number of carbonyl (C=O) groups excluding carboxylic acids is 1. The van der Waals surface area contributed by atoms with Crippen LogP contribution in [0.3, 0.4) is 0 Å². The summed E-state index contributed by atoms with van der Waals surface area (Å²) >= 11 is 5.77. The van der Waals surface area contributed by atoms with Crippen molar-refractivity contribution in [1.29, 1.82) is 0 Å². The summed E-state index contributed by atoms with van der Waals surface area (Å²) in [6.45, 7) is 5.47. The van der Waals surface area contributed by atoms with E-state index in [9.17, 15) is 9.59 Å². The Morgan fingerprint density at radius 1 is 1.28 bits per heavy atom. The summed E-state index contributed by atoms with van der Waals surface area (Å²) in [5.41, 5.74) is -0.258. The first-order chi connectivity index (χ1) is 8.19. The number of hydrogen-bond acceptors (Lipinski definition) is 2. The number of hydrogen-bond donors (Lipinski definition) is 3. The molecule has 0 atom stereocenters. The number of carbonyl (C=O) groups is 2. The molecule has 1 aromatic carbocycles. The van der Waals surface area contributed by atoms with Crippen LogP contribution in [-0.2, 0) is 0 Å². The van der Waals surface area contributed by atoms with E-state index in [4.69, 9.17) is 16.7 Å². The molecule has 0 fully saturated rings. The van der Waals surface area contributed by atoms with Crippen LogP contribution in [0.1, 0.15) is 31.1 Å². The summed E-state index contributed by atoms with van der Waals surface area (Å²) < 4.78 is 0. The van der Waals surface area contributed by atoms with Crippen molar-refractivity contribution < 1.29 is 14.7 Å². The first kappa shape index (κ1) is 14.3. The van der Waals surface area contributed by atoms with E-state index in [1.807, 2.05) is 20.8 Å². The van der Waals surface area contributed by atoms with E-state index in [0.717, 1.165) is 0 Å². The molecule has 0 aliphatic carbocycles. The predicted octanol–water partition coefficient (Wildman–Crippen LogP) is 2.96. The van der Waals surface area contributed by atoms with Crippen molar-refractivity contribution in [3.63, 3.8) is 0 Å². The highest BCUT2D eigenvalue weighted by molar-refractivity contribution is 6.31. The quantitative estimate of drug-likeness (QED) is 0.773. The molecule has 0 spiro atoms. The molecule has 3 N–H and O–H groups in total. The zero-order valence-corrected chi connectivity index (χ0v) is 11.1. The second-order valence-electron chi connectivity index (χ2n) is 4.82. The van der Waals surface area contributed by atoms with Crippen LogP contribution in [0.2, 0.25) is 5.02 Å². The Balaban J connectivity index is 2.93. The molecule has 0 heterocycles. The van der Waals surface area contributed by atoms with Crippen LogP contribution in [0.4, 0.5) is 10.5 Å². The maximum absolute atomic E-state index is 11.7. The van der Waals surface area contributed by atoms with Crippen LogP contribution in [0.5, 0.6) is 0 Å². The fourth-order valence-electron chi connectivity index (χ4n) is 1.30. The minimum absolute atomic E-state index is 0.0107. The number of amides is 2. The average molecular weight is 271 g/mol. The standard InChI is InChI=1S/C12H15ClN2O3/c1-12(2,3)15-11(18)14-9-6-7(13)4-5-8(9)10(16)17/h4-6H,1-3H3,(H,16,17)(H2,14,15,18). The van der Waals surface area contributed by atoms with Gasteiger partial charge in [-0.25, -0.2) is 9.59 Å². The number of halogens is 1. The predicted molar refractivity (Wildman–Crippen MR) is 70.3 cm³/mol. The molecular formula is C12H15ClN2O3. The smallest absolute Gasteiger partial charge is 0.337 e. The minimum atomic E-state index is -1.13. The van der Waals surface area contributed by atoms with Crippen molar-refractivity contribution in [3.8, 4) is 0 Å². The van der Waals surface area contributed by atoms with Crippen LogP contribution in [-0.4, -0.2) is 22.6 Å². The Morgan fingerprint density at radius 3 is 2.39 bits per heavy atom. The lowest BCUT2D eigenvalue weighted by Gasteiger charge is -2.21. The van der Waals surface area contributed by atoms with Crippen LogP contribution >= 0.6 is 11.6 Å². The summed E-state index contributed by atoms with van der Waals surface area (Å²) in [5, 5.41) is 14.5. The van der Waals surface area contributed by atoms with E-state index in [1.54, 1.807) is 0 Å². The fraction of sp³-hybridized carbons (Fsp3) is 0.333. The first-order valence-electron chi connectivity index (χ1n) is 5.31. The fourth-order valence-corrected chi connectivity index (χ4v) is 1.47. The number of rotatable bonds is 2. The second-order valence-corrected chi connectivity index (χ2v) is 5.26. The van der Waals surface area contributed by atoms with Gasteiger partial charge in [-0.2, -0.15) is 0 Å². The lowest BCUT2D eigenvalue weighted by Crippen LogP contribution is -2.43. The van der Waals surface area contributed by atoms with Gasteiger partial charge < -0.3 is 15.7 Å². The summed E-state index contributed by atoms with van der Waals surface area (Å²) in [4.78, 5) is 22.6. The van der Waals surface area contributed by atoms with Gasteiger partial charge in [-0.1, -0.05) is 11.6 Å². The molecule has 98 valence electrons. The van der Waals surface area contributed by atoms with E-state index >= 15 is 0 Å². The summed E-state index contributed by atoms with van der Waals surface area (Å²) in [5.74, 6) is -1.13. The van der Waals surface area contributed by atoms with E-state index in [0.29, 0.717) is 5.02 Å². The van der Waals surface area contributed by atoms with Gasteiger partial charge in [0, 0.05) is 10.6 Å². The molecule has 0 saturated heterocycles. The number of aromatic carboxylic acids is 1. The molecule has 18 heavy (non-hydrogen) atoms. The Labute approximate surface area is 110 Å². The maximum atomic E-state index is 11.7. The van der Waals surface area contributed by atoms with Crippen LogP contribution in [0.25, 0.3) is 0 Å². The van der Waals surface area contributed by atoms with Crippen LogP contribution in [0.15, 0.2) is 18.2 Å². The summed E-state index contributed by atoms with van der Waals surface area (Å²) in [6, 6.07) is 3.72. The SMILES string of the molecule is CC(C)(C)NC(=O)Nc1cc(Cl)ccc1C(=O)O. The molecule has 0 radical (unpaired) electrons. The number of benzene rings is 1. The molecule has 0 saturated carbocycles. The van der Waals surface area contributed by atoms with Crippen molar-refractivity contribution in [1.82, 2.24) is 5.32 Å². The Kier molecular flexibility index (Phi) is 4.19. The molecule has 5 nitrogen and oxygen atoms in total. The third kappa shape index (κ3) is 4.25. The zero-order chi connectivity index (χ0) is 13.9. The molecule has 2 amide bonds. The van der Waals surface area contributed by atoms with Gasteiger partial charge in [0.1, 0.15) is 0 Å². The number of nitrogens with one attached hydrogen (secondary N) is 2. The number of urea groups is 1. The zero-order valence-electron chi connectivity index (χ0n) is 10.4. The highest BCUT2D eigenvalue weighted by Gasteiger charge is 2.16. The maximum Gasteiger partial charge on any atom is 0.337 e. The Hall–Kier alpha value is -1.75. The van der Waals surface area contributed by atoms with Gasteiger partial charge in [-0.05, 0) is 39.0 Å². The van der Waals surface area contributed by atoms with E-state index in [2.05, 4.69) is 10.6 Å². The van der Waals surface area contributed by atoms with Gasteiger partial charge in [0.2, 0.25) is 0 Å². The molecule has 1 aromatic rings. The molecule has 0 aromatic heterocycles. The Bertz CT molecular complexity index is 481. The van der Waals surface area contributed by atoms with Gasteiger partial charge >= 0.3 is 12.0 Å². The normalized spacial score (nSPS) is 10.9. The number of anilines is 1. The van der Waals surface area contributed by atoms with Crippen molar-refractivity contribution in [3.05, 3.63) is 28.8 Å². The minimum Gasteiger partial charge on any atom is -0.478 e. The third-order valence-corrected chi connectivity index (χ3v) is 2.18. The van der Waals surface area contributed by atoms with Crippen molar-refractivity contribution >= 4 is 29.3 Å². The molecule has 0 aliphatic heterocycles. The van der Waals surface area contributed by atoms with Crippen molar-refractivity contribution in [2.45, 2.75) is 26.3 Å². The highest BCUT2D eigenvalue weighted by Crippen LogP contribution is 2.21. The van der Waals surface area contributed by atoms with E-state index in [-0.39, 0.29) is 11.3 Å². The molecular weight excluding hydrogens is 256 g/mol. The van der Waals surface area contributed by atoms with Gasteiger partial charge in [0.25, 0.3) is 0 Å². The van der Waals surface area contributed by atoms with Crippen LogP contribution < -0.4 is 10.6 Å². The topological polar surface area (TPSA) is 78.4 Å². The largest absolute Gasteiger partial charge is 0.478 e. The van der Waals surface area contributed by atoms with Gasteiger partial charge in [-0.3, -0.25) is 0 Å². The highest BCUT2D eigenvalue weighted by atomic mass is 35.5. The Morgan fingerprint density at radius 2 is 1.89 bits per heavy atom. The molecule has 1 rings (SSSR count). The van der Waals surface area contributed by atoms with E-state index < -0.39 is 17.5 Å². The second kappa shape index (κ2) is 5.27. The number of carboxylic acids is 1. The van der Waals surface area contributed by atoms with Crippen molar-refractivity contribution in [2.75, 3.05) is 5.32 Å². The van der Waals surface area contributed by atoms with Gasteiger partial charge in [0.05, 0.1) is 11.3 Å². The molecule has 0 bridgehead atoms. The monoisotopic (exact) mass is 270 g/mol. The third-order valence-electron chi connectivity index (χ3n) is 1.95. The van der Waals surface area contributed by atoms with E-state index in [1.165, 1.54) is 18.2 Å². The number of carboxylic acid groups (broad SMARTS) is 1. The first-order valence-corrected chi connectivity index (χ1v) is 5.69. The lowest BCUT2D eigenvalue weighted by molar-refractivity contribution is 0.0698. The summed E-state index contributed by atoms with van der Waals surface area (Å²) in [6.07, 6.45) is 0.